The molecule has 1 aliphatic carbocycles. The minimum Gasteiger partial charge on any atom is -0.467 e. The first kappa shape index (κ1) is 15.4. The van der Waals surface area contributed by atoms with Crippen molar-refractivity contribution >= 4 is 12.1 Å². The third kappa shape index (κ3) is 3.88. The van der Waals surface area contributed by atoms with Crippen molar-refractivity contribution in [1.29, 1.82) is 0 Å². The summed E-state index contributed by atoms with van der Waals surface area (Å²) >= 11 is 0. The van der Waals surface area contributed by atoms with Crippen molar-refractivity contribution in [1.82, 2.24) is 5.32 Å². The average molecular weight is 267 g/mol. The Kier molecular flexibility index (Phi) is 4.46. The molecule has 5 nitrogen and oxygen atoms in total. The second-order valence-electron chi connectivity index (χ2n) is 5.81. The predicted octanol–water partition coefficient (Wildman–Crippen LogP) is 1.86. The number of hydrogen-bond donors (Lipinski definition) is 1. The molecule has 5 heteroatoms. The molecule has 0 spiro atoms. The maximum absolute atomic E-state index is 11.9. The zero-order valence-corrected chi connectivity index (χ0v) is 11.9. The van der Waals surface area contributed by atoms with Crippen molar-refractivity contribution in [3.8, 4) is 12.3 Å². The van der Waals surface area contributed by atoms with Gasteiger partial charge >= 0.3 is 12.1 Å². The standard InChI is InChI=1S/C14H21NO4/c1-6-10-7-8-14(9-10,11(16)18-5)15-12(17)19-13(2,3)4/h1,10H,7-9H2,2-5H3,(H,15,17). The molecule has 1 N–H and O–H groups in total. The summed E-state index contributed by atoms with van der Waals surface area (Å²) in [6.45, 7) is 5.28. The van der Waals surface area contributed by atoms with Crippen LogP contribution in [0.3, 0.4) is 0 Å². The number of ether oxygens (including phenoxy) is 2. The number of rotatable bonds is 2. The van der Waals surface area contributed by atoms with E-state index < -0.39 is 23.2 Å². The third-order valence-electron chi connectivity index (χ3n) is 3.07. The number of alkyl carbamates (subject to hydrolysis) is 1. The van der Waals surface area contributed by atoms with Crippen LogP contribution in [0, 0.1) is 18.3 Å². The van der Waals surface area contributed by atoms with E-state index in [0.717, 1.165) is 0 Å². The van der Waals surface area contributed by atoms with Gasteiger partial charge in [-0.05, 0) is 40.0 Å². The highest BCUT2D eigenvalue weighted by Gasteiger charge is 2.47. The highest BCUT2D eigenvalue weighted by molar-refractivity contribution is 5.86. The van der Waals surface area contributed by atoms with Gasteiger partial charge in [-0.2, -0.15) is 0 Å². The average Bonchev–Trinajstić information content (AvgIpc) is 2.70. The highest BCUT2D eigenvalue weighted by Crippen LogP contribution is 2.35. The summed E-state index contributed by atoms with van der Waals surface area (Å²) in [5.41, 5.74) is -1.68. The molecule has 1 amide bonds. The van der Waals surface area contributed by atoms with Crippen molar-refractivity contribution < 1.29 is 19.1 Å². The van der Waals surface area contributed by atoms with Crippen LogP contribution in [0.4, 0.5) is 4.79 Å². The van der Waals surface area contributed by atoms with Gasteiger partial charge in [-0.1, -0.05) is 0 Å². The van der Waals surface area contributed by atoms with E-state index in [4.69, 9.17) is 15.9 Å². The Bertz CT molecular complexity index is 405. The Balaban J connectivity index is 2.81. The number of methoxy groups -OCH3 is 1. The molecular formula is C14H21NO4. The normalized spacial score (nSPS) is 26.4. The van der Waals surface area contributed by atoms with Crippen LogP contribution >= 0.6 is 0 Å². The largest absolute Gasteiger partial charge is 0.467 e. The SMILES string of the molecule is C#CC1CCC(NC(=O)OC(C)(C)C)(C(=O)OC)C1. The van der Waals surface area contributed by atoms with Gasteiger partial charge in [0.05, 0.1) is 7.11 Å². The minimum atomic E-state index is -1.06. The Hall–Kier alpha value is -1.70. The lowest BCUT2D eigenvalue weighted by Gasteiger charge is -2.29. The number of hydrogen-bond acceptors (Lipinski definition) is 4. The topological polar surface area (TPSA) is 64.6 Å². The molecule has 1 fully saturated rings. The van der Waals surface area contributed by atoms with Crippen molar-refractivity contribution in [3.63, 3.8) is 0 Å². The summed E-state index contributed by atoms with van der Waals surface area (Å²) in [6, 6.07) is 0. The molecule has 0 radical (unpaired) electrons. The van der Waals surface area contributed by atoms with Gasteiger partial charge < -0.3 is 14.8 Å². The number of esters is 1. The van der Waals surface area contributed by atoms with Gasteiger partial charge in [0.25, 0.3) is 0 Å². The van der Waals surface area contributed by atoms with E-state index in [1.165, 1.54) is 7.11 Å². The van der Waals surface area contributed by atoms with E-state index >= 15 is 0 Å². The second kappa shape index (κ2) is 5.52. The lowest BCUT2D eigenvalue weighted by molar-refractivity contribution is -0.148. The lowest BCUT2D eigenvalue weighted by Crippen LogP contribution is -2.54. The molecule has 0 bridgehead atoms. The van der Waals surface area contributed by atoms with E-state index in [2.05, 4.69) is 11.2 Å². The number of terminal acetylenes is 1. The molecule has 1 rings (SSSR count). The highest BCUT2D eigenvalue weighted by atomic mass is 16.6. The first-order valence-corrected chi connectivity index (χ1v) is 6.28. The summed E-state index contributed by atoms with van der Waals surface area (Å²) in [7, 11) is 1.30. The van der Waals surface area contributed by atoms with Crippen LogP contribution in [0.25, 0.3) is 0 Å². The molecule has 0 saturated heterocycles. The molecule has 0 aromatic rings. The van der Waals surface area contributed by atoms with Crippen molar-refractivity contribution in [2.75, 3.05) is 7.11 Å². The Labute approximate surface area is 114 Å². The first-order chi connectivity index (χ1) is 8.72. The maximum atomic E-state index is 11.9. The fraction of sp³-hybridized carbons (Fsp3) is 0.714. The van der Waals surface area contributed by atoms with Crippen LogP contribution in [-0.2, 0) is 14.3 Å². The predicted molar refractivity (Wildman–Crippen MR) is 70.3 cm³/mol. The first-order valence-electron chi connectivity index (χ1n) is 6.28. The summed E-state index contributed by atoms with van der Waals surface area (Å²) in [5, 5.41) is 2.63. The molecule has 0 aromatic heterocycles. The summed E-state index contributed by atoms with van der Waals surface area (Å²) in [6.07, 6.45) is 6.29. The van der Waals surface area contributed by atoms with Gasteiger partial charge in [0.2, 0.25) is 0 Å². The van der Waals surface area contributed by atoms with Crippen LogP contribution in [-0.4, -0.2) is 30.3 Å². The summed E-state index contributed by atoms with van der Waals surface area (Å²) in [4.78, 5) is 23.8. The molecule has 19 heavy (non-hydrogen) atoms. The number of carbonyl (C=O) groups excluding carboxylic acids is 2. The fourth-order valence-electron chi connectivity index (χ4n) is 2.23. The van der Waals surface area contributed by atoms with Crippen molar-refractivity contribution in [3.05, 3.63) is 0 Å². The molecule has 0 aliphatic heterocycles. The van der Waals surface area contributed by atoms with Crippen LogP contribution < -0.4 is 5.32 Å². The number of nitrogens with one attached hydrogen (secondary N) is 1. The van der Waals surface area contributed by atoms with Crippen molar-refractivity contribution in [2.24, 2.45) is 5.92 Å². The van der Waals surface area contributed by atoms with E-state index in [0.29, 0.717) is 19.3 Å². The second-order valence-corrected chi connectivity index (χ2v) is 5.81. The van der Waals surface area contributed by atoms with Gasteiger partial charge in [-0.3, -0.25) is 0 Å². The zero-order chi connectivity index (χ0) is 14.7. The molecule has 106 valence electrons. The minimum absolute atomic E-state index is 0.0333. The number of carbonyl (C=O) groups is 2. The molecule has 0 heterocycles. The van der Waals surface area contributed by atoms with Crippen LogP contribution in [0.15, 0.2) is 0 Å². The Morgan fingerprint density at radius 2 is 2.05 bits per heavy atom. The third-order valence-corrected chi connectivity index (χ3v) is 3.07. The summed E-state index contributed by atoms with van der Waals surface area (Å²) in [5.74, 6) is 2.11. The van der Waals surface area contributed by atoms with E-state index in [1.807, 2.05) is 0 Å². The van der Waals surface area contributed by atoms with Gasteiger partial charge in [0.1, 0.15) is 11.1 Å². The van der Waals surface area contributed by atoms with Crippen molar-refractivity contribution in [2.45, 2.75) is 51.2 Å². The zero-order valence-electron chi connectivity index (χ0n) is 11.9. The molecule has 1 aliphatic rings. The molecule has 0 aromatic carbocycles. The van der Waals surface area contributed by atoms with E-state index in [9.17, 15) is 9.59 Å². The molecule has 2 unspecified atom stereocenters. The smallest absolute Gasteiger partial charge is 0.408 e. The van der Waals surface area contributed by atoms with E-state index in [1.54, 1.807) is 20.8 Å². The Morgan fingerprint density at radius 1 is 1.42 bits per heavy atom. The van der Waals surface area contributed by atoms with Crippen LogP contribution in [0.1, 0.15) is 40.0 Å². The van der Waals surface area contributed by atoms with Gasteiger partial charge in [0.15, 0.2) is 0 Å². The van der Waals surface area contributed by atoms with Gasteiger partial charge in [-0.25, -0.2) is 9.59 Å². The van der Waals surface area contributed by atoms with Crippen LogP contribution in [0.5, 0.6) is 0 Å². The lowest BCUT2D eigenvalue weighted by atomic mass is 9.96. The quantitative estimate of drug-likeness (QED) is 0.612. The van der Waals surface area contributed by atoms with E-state index in [-0.39, 0.29) is 5.92 Å². The summed E-state index contributed by atoms with van der Waals surface area (Å²) < 4.78 is 9.96. The Morgan fingerprint density at radius 3 is 2.47 bits per heavy atom. The fourth-order valence-corrected chi connectivity index (χ4v) is 2.23. The molecular weight excluding hydrogens is 246 g/mol. The van der Waals surface area contributed by atoms with Gasteiger partial charge in [-0.15, -0.1) is 12.3 Å². The van der Waals surface area contributed by atoms with Gasteiger partial charge in [0, 0.05) is 5.92 Å². The molecule has 2 atom stereocenters. The monoisotopic (exact) mass is 267 g/mol. The number of amides is 1. The molecule has 1 saturated carbocycles. The maximum Gasteiger partial charge on any atom is 0.408 e. The van der Waals surface area contributed by atoms with Crippen LogP contribution in [0.2, 0.25) is 0 Å².